The predicted molar refractivity (Wildman–Crippen MR) is 55.8 cm³/mol. The molecule has 0 atom stereocenters. The molecule has 2 heterocycles. The fraction of sp³-hybridized carbons (Fsp3) is 0.250. The van der Waals surface area contributed by atoms with E-state index in [-0.39, 0.29) is 0 Å². The highest BCUT2D eigenvalue weighted by Gasteiger charge is 2.07. The summed E-state index contributed by atoms with van der Waals surface area (Å²) in [7, 11) is 1.60. The summed E-state index contributed by atoms with van der Waals surface area (Å²) in [4.78, 5) is 12.3. The minimum atomic E-state index is 0.392. The molecule has 2 rings (SSSR count). The minimum absolute atomic E-state index is 0.392. The van der Waals surface area contributed by atoms with E-state index in [0.717, 1.165) is 4.47 Å². The van der Waals surface area contributed by atoms with Crippen LogP contribution in [-0.4, -0.2) is 32.3 Å². The van der Waals surface area contributed by atoms with E-state index >= 15 is 0 Å². The molecule has 0 unspecified atom stereocenters. The van der Waals surface area contributed by atoms with Gasteiger partial charge in [-0.3, -0.25) is 5.10 Å². The SMILES string of the molecule is COCc1nc(-c2ncc(Br)cn2)n[nH]1. The first-order chi connectivity index (χ1) is 7.29. The second kappa shape index (κ2) is 4.45. The third-order valence-corrected chi connectivity index (χ3v) is 2.04. The van der Waals surface area contributed by atoms with Gasteiger partial charge in [0, 0.05) is 19.5 Å². The van der Waals surface area contributed by atoms with Crippen molar-refractivity contribution >= 4 is 15.9 Å². The summed E-state index contributed by atoms with van der Waals surface area (Å²) < 4.78 is 5.73. The zero-order valence-corrected chi connectivity index (χ0v) is 9.52. The monoisotopic (exact) mass is 269 g/mol. The van der Waals surface area contributed by atoms with Crippen LogP contribution < -0.4 is 0 Å². The summed E-state index contributed by atoms with van der Waals surface area (Å²) >= 11 is 3.25. The molecule has 7 heteroatoms. The lowest BCUT2D eigenvalue weighted by Gasteiger charge is -1.92. The van der Waals surface area contributed by atoms with E-state index in [1.54, 1.807) is 19.5 Å². The third-order valence-electron chi connectivity index (χ3n) is 1.63. The first kappa shape index (κ1) is 10.2. The Bertz CT molecular complexity index is 441. The molecule has 0 aliphatic heterocycles. The van der Waals surface area contributed by atoms with Gasteiger partial charge in [0.25, 0.3) is 0 Å². The summed E-state index contributed by atoms with van der Waals surface area (Å²) in [6.07, 6.45) is 3.30. The van der Waals surface area contributed by atoms with Crippen molar-refractivity contribution in [3.8, 4) is 11.6 Å². The lowest BCUT2D eigenvalue weighted by atomic mass is 10.5. The Kier molecular flexibility index (Phi) is 3.02. The van der Waals surface area contributed by atoms with Crippen LogP contribution in [0.15, 0.2) is 16.9 Å². The lowest BCUT2D eigenvalue weighted by Crippen LogP contribution is -1.91. The Labute approximate surface area is 94.3 Å². The molecule has 15 heavy (non-hydrogen) atoms. The average molecular weight is 270 g/mol. The van der Waals surface area contributed by atoms with Gasteiger partial charge in [-0.1, -0.05) is 0 Å². The number of hydrogen-bond donors (Lipinski definition) is 1. The van der Waals surface area contributed by atoms with Gasteiger partial charge in [-0.25, -0.2) is 15.0 Å². The van der Waals surface area contributed by atoms with Gasteiger partial charge in [-0.2, -0.15) is 0 Å². The highest BCUT2D eigenvalue weighted by Crippen LogP contribution is 2.11. The van der Waals surface area contributed by atoms with Crippen LogP contribution in [0.3, 0.4) is 0 Å². The van der Waals surface area contributed by atoms with Crippen molar-refractivity contribution in [1.82, 2.24) is 25.1 Å². The van der Waals surface area contributed by atoms with Crippen molar-refractivity contribution < 1.29 is 4.74 Å². The van der Waals surface area contributed by atoms with Crippen LogP contribution >= 0.6 is 15.9 Å². The third kappa shape index (κ3) is 2.37. The van der Waals surface area contributed by atoms with Gasteiger partial charge in [-0.15, -0.1) is 5.10 Å². The fourth-order valence-electron chi connectivity index (χ4n) is 1.02. The van der Waals surface area contributed by atoms with E-state index in [9.17, 15) is 0 Å². The summed E-state index contributed by atoms with van der Waals surface area (Å²) in [5.74, 6) is 1.60. The van der Waals surface area contributed by atoms with Crippen molar-refractivity contribution in [2.45, 2.75) is 6.61 Å². The molecule has 0 bridgehead atoms. The molecule has 0 aromatic carbocycles. The van der Waals surface area contributed by atoms with Gasteiger partial charge in [0.05, 0.1) is 4.47 Å². The van der Waals surface area contributed by atoms with E-state index in [1.807, 2.05) is 0 Å². The maximum Gasteiger partial charge on any atom is 0.219 e. The summed E-state index contributed by atoms with van der Waals surface area (Å²) in [6.45, 7) is 0.392. The second-order valence-electron chi connectivity index (χ2n) is 2.76. The molecule has 0 saturated heterocycles. The first-order valence-corrected chi connectivity index (χ1v) is 4.97. The maximum atomic E-state index is 4.91. The Hall–Kier alpha value is -1.34. The molecular weight excluding hydrogens is 262 g/mol. The number of aromatic amines is 1. The van der Waals surface area contributed by atoms with Gasteiger partial charge < -0.3 is 4.74 Å². The van der Waals surface area contributed by atoms with E-state index < -0.39 is 0 Å². The molecule has 0 aliphatic rings. The molecule has 0 spiro atoms. The van der Waals surface area contributed by atoms with Gasteiger partial charge in [0.15, 0.2) is 11.6 Å². The zero-order chi connectivity index (χ0) is 10.7. The molecule has 6 nitrogen and oxygen atoms in total. The Morgan fingerprint density at radius 1 is 1.33 bits per heavy atom. The molecular formula is C8H8BrN5O. The standard InChI is InChI=1S/C8H8BrN5O/c1-15-4-6-12-8(14-13-6)7-10-2-5(9)3-11-7/h2-3H,4H2,1H3,(H,12,13,14). The zero-order valence-electron chi connectivity index (χ0n) is 7.94. The van der Waals surface area contributed by atoms with Crippen LogP contribution in [0.25, 0.3) is 11.6 Å². The van der Waals surface area contributed by atoms with Gasteiger partial charge >= 0.3 is 0 Å². The largest absolute Gasteiger partial charge is 0.377 e. The highest BCUT2D eigenvalue weighted by molar-refractivity contribution is 9.10. The molecule has 2 aromatic heterocycles. The number of H-pyrrole nitrogens is 1. The Morgan fingerprint density at radius 3 is 2.73 bits per heavy atom. The topological polar surface area (TPSA) is 76.6 Å². The fourth-order valence-corrected chi connectivity index (χ4v) is 1.23. The van der Waals surface area contributed by atoms with Crippen LogP contribution in [0, 0.1) is 0 Å². The van der Waals surface area contributed by atoms with Crippen LogP contribution in [0.4, 0.5) is 0 Å². The van der Waals surface area contributed by atoms with Gasteiger partial charge in [0.2, 0.25) is 5.82 Å². The quantitative estimate of drug-likeness (QED) is 0.905. The van der Waals surface area contributed by atoms with Crippen molar-refractivity contribution in [1.29, 1.82) is 0 Å². The Balaban J connectivity index is 2.25. The van der Waals surface area contributed by atoms with E-state index in [4.69, 9.17) is 4.74 Å². The molecule has 2 aromatic rings. The smallest absolute Gasteiger partial charge is 0.219 e. The molecule has 0 fully saturated rings. The van der Waals surface area contributed by atoms with Gasteiger partial charge in [-0.05, 0) is 15.9 Å². The number of nitrogens with one attached hydrogen (secondary N) is 1. The average Bonchev–Trinajstić information content (AvgIpc) is 2.68. The molecule has 0 aliphatic carbocycles. The van der Waals surface area contributed by atoms with Crippen molar-refractivity contribution in [3.05, 3.63) is 22.7 Å². The normalized spacial score (nSPS) is 10.5. The van der Waals surface area contributed by atoms with Crippen molar-refractivity contribution in [3.63, 3.8) is 0 Å². The van der Waals surface area contributed by atoms with Crippen LogP contribution in [0.1, 0.15) is 5.82 Å². The van der Waals surface area contributed by atoms with Gasteiger partial charge in [0.1, 0.15) is 6.61 Å². The molecule has 1 N–H and O–H groups in total. The number of rotatable bonds is 3. The molecule has 0 saturated carbocycles. The van der Waals surface area contributed by atoms with Crippen molar-refractivity contribution in [2.75, 3.05) is 7.11 Å². The number of nitrogens with zero attached hydrogens (tertiary/aromatic N) is 4. The summed E-state index contributed by atoms with van der Waals surface area (Å²) in [6, 6.07) is 0. The van der Waals surface area contributed by atoms with Crippen molar-refractivity contribution in [2.24, 2.45) is 0 Å². The second-order valence-corrected chi connectivity index (χ2v) is 3.68. The lowest BCUT2D eigenvalue weighted by molar-refractivity contribution is 0.178. The summed E-state index contributed by atoms with van der Waals surface area (Å²) in [5, 5.41) is 6.72. The van der Waals surface area contributed by atoms with Crippen LogP contribution in [0.2, 0.25) is 0 Å². The minimum Gasteiger partial charge on any atom is -0.377 e. The number of methoxy groups -OCH3 is 1. The maximum absolute atomic E-state index is 4.91. The number of hydrogen-bond acceptors (Lipinski definition) is 5. The van der Waals surface area contributed by atoms with E-state index in [0.29, 0.717) is 24.1 Å². The summed E-state index contributed by atoms with van der Waals surface area (Å²) in [5.41, 5.74) is 0. The molecule has 78 valence electrons. The molecule has 0 radical (unpaired) electrons. The molecule has 0 amide bonds. The number of aromatic nitrogens is 5. The first-order valence-electron chi connectivity index (χ1n) is 4.17. The number of ether oxygens (including phenoxy) is 1. The highest BCUT2D eigenvalue weighted by atomic mass is 79.9. The Morgan fingerprint density at radius 2 is 2.07 bits per heavy atom. The number of halogens is 1. The van der Waals surface area contributed by atoms with Crippen LogP contribution in [-0.2, 0) is 11.3 Å². The van der Waals surface area contributed by atoms with E-state index in [1.165, 1.54) is 0 Å². The van der Waals surface area contributed by atoms with Crippen LogP contribution in [0.5, 0.6) is 0 Å². The predicted octanol–water partition coefficient (Wildman–Crippen LogP) is 1.17. The van der Waals surface area contributed by atoms with E-state index in [2.05, 4.69) is 41.1 Å².